The van der Waals surface area contributed by atoms with Crippen molar-refractivity contribution in [2.24, 2.45) is 0 Å². The number of rotatable bonds is 8. The molecule has 2 amide bonds. The van der Waals surface area contributed by atoms with Crippen LogP contribution in [0.15, 0.2) is 83.0 Å². The number of amides is 2. The third kappa shape index (κ3) is 6.50. The van der Waals surface area contributed by atoms with Crippen molar-refractivity contribution in [1.82, 2.24) is 10.6 Å². The smallest absolute Gasteiger partial charge is 0.267 e. The first-order chi connectivity index (χ1) is 15.5. The molecule has 0 heterocycles. The van der Waals surface area contributed by atoms with Crippen LogP contribution < -0.4 is 15.4 Å². The van der Waals surface area contributed by atoms with Gasteiger partial charge in [0.15, 0.2) is 0 Å². The molecule has 6 nitrogen and oxygen atoms in total. The van der Waals surface area contributed by atoms with E-state index < -0.39 is 17.6 Å². The standard InChI is InChI=1S/C24H20BrFN2O4/c25-20-6-1-2-7-22(20)32-19-10-8-16(9-11-19)14-21(24(31)27-12-13-29)28-23(30)17-4-3-5-18(26)15-17/h1-11,14-15,29H,12-13H2,(H,27,31)(H,28,30). The highest BCUT2D eigenvalue weighted by molar-refractivity contribution is 9.10. The second kappa shape index (κ2) is 11.2. The van der Waals surface area contributed by atoms with E-state index in [0.717, 1.165) is 10.5 Å². The van der Waals surface area contributed by atoms with E-state index in [0.29, 0.717) is 17.1 Å². The Morgan fingerprint density at radius 1 is 1.03 bits per heavy atom. The van der Waals surface area contributed by atoms with Crippen molar-refractivity contribution >= 4 is 33.8 Å². The number of aliphatic hydroxyl groups excluding tert-OH is 1. The second-order valence-corrected chi connectivity index (χ2v) is 7.46. The van der Waals surface area contributed by atoms with Gasteiger partial charge in [-0.05, 0) is 70.0 Å². The van der Waals surface area contributed by atoms with Gasteiger partial charge < -0.3 is 20.5 Å². The third-order valence-corrected chi connectivity index (χ3v) is 4.89. The number of para-hydroxylation sites is 1. The van der Waals surface area contributed by atoms with E-state index in [-0.39, 0.29) is 24.4 Å². The molecule has 3 N–H and O–H groups in total. The van der Waals surface area contributed by atoms with Gasteiger partial charge in [-0.3, -0.25) is 9.59 Å². The maximum absolute atomic E-state index is 13.4. The number of hydrogen-bond donors (Lipinski definition) is 3. The molecule has 0 aromatic heterocycles. The number of ether oxygens (including phenoxy) is 1. The fourth-order valence-corrected chi connectivity index (χ4v) is 3.07. The molecule has 32 heavy (non-hydrogen) atoms. The van der Waals surface area contributed by atoms with Gasteiger partial charge in [0, 0.05) is 12.1 Å². The first-order valence-corrected chi connectivity index (χ1v) is 10.5. The molecule has 0 atom stereocenters. The van der Waals surface area contributed by atoms with E-state index >= 15 is 0 Å². The van der Waals surface area contributed by atoms with E-state index in [9.17, 15) is 14.0 Å². The maximum atomic E-state index is 13.4. The van der Waals surface area contributed by atoms with E-state index in [1.54, 1.807) is 24.3 Å². The van der Waals surface area contributed by atoms with Crippen molar-refractivity contribution in [3.8, 4) is 11.5 Å². The zero-order valence-electron chi connectivity index (χ0n) is 16.8. The Hall–Kier alpha value is -3.49. The molecule has 3 rings (SSSR count). The molecule has 0 spiro atoms. The van der Waals surface area contributed by atoms with E-state index in [1.807, 2.05) is 24.3 Å². The Balaban J connectivity index is 1.80. The summed E-state index contributed by atoms with van der Waals surface area (Å²) in [6.45, 7) is -0.233. The van der Waals surface area contributed by atoms with Crippen LogP contribution in [0.5, 0.6) is 11.5 Å². The van der Waals surface area contributed by atoms with Crippen LogP contribution in [0.4, 0.5) is 4.39 Å². The molecule has 8 heteroatoms. The lowest BCUT2D eigenvalue weighted by molar-refractivity contribution is -0.117. The van der Waals surface area contributed by atoms with Crippen LogP contribution in [-0.4, -0.2) is 30.1 Å². The minimum absolute atomic E-state index is 0.0186. The molecule has 0 bridgehead atoms. The predicted octanol–water partition coefficient (Wildman–Crippen LogP) is 4.26. The van der Waals surface area contributed by atoms with Crippen LogP contribution in [0.2, 0.25) is 0 Å². The van der Waals surface area contributed by atoms with Crippen molar-refractivity contribution < 1.29 is 23.8 Å². The number of hydrogen-bond acceptors (Lipinski definition) is 4. The Bertz CT molecular complexity index is 1130. The Kier molecular flexibility index (Phi) is 8.13. The van der Waals surface area contributed by atoms with Gasteiger partial charge in [-0.25, -0.2) is 4.39 Å². The molecule has 3 aromatic carbocycles. The van der Waals surface area contributed by atoms with Gasteiger partial charge in [0.2, 0.25) is 0 Å². The summed E-state index contributed by atoms with van der Waals surface area (Å²) < 4.78 is 20.1. The van der Waals surface area contributed by atoms with Gasteiger partial charge in [0.1, 0.15) is 23.0 Å². The molecule has 0 fully saturated rings. The summed E-state index contributed by atoms with van der Waals surface area (Å²) >= 11 is 3.42. The number of halogens is 2. The number of aliphatic hydroxyl groups is 1. The monoisotopic (exact) mass is 498 g/mol. The van der Waals surface area contributed by atoms with Crippen LogP contribution in [0.1, 0.15) is 15.9 Å². The van der Waals surface area contributed by atoms with Crippen molar-refractivity contribution in [2.75, 3.05) is 13.2 Å². The van der Waals surface area contributed by atoms with Crippen LogP contribution in [0, 0.1) is 5.82 Å². The molecule has 0 aliphatic rings. The van der Waals surface area contributed by atoms with Crippen molar-refractivity contribution in [2.45, 2.75) is 0 Å². The Labute approximate surface area is 192 Å². The average molecular weight is 499 g/mol. The molecule has 0 aliphatic heterocycles. The molecule has 0 aliphatic carbocycles. The molecule has 0 radical (unpaired) electrons. The topological polar surface area (TPSA) is 87.7 Å². The summed E-state index contributed by atoms with van der Waals surface area (Å²) in [6, 6.07) is 19.5. The highest BCUT2D eigenvalue weighted by atomic mass is 79.9. The van der Waals surface area contributed by atoms with E-state index in [2.05, 4.69) is 26.6 Å². The lowest BCUT2D eigenvalue weighted by atomic mass is 10.1. The predicted molar refractivity (Wildman–Crippen MR) is 123 cm³/mol. The van der Waals surface area contributed by atoms with Crippen LogP contribution in [0.3, 0.4) is 0 Å². The zero-order chi connectivity index (χ0) is 22.9. The maximum Gasteiger partial charge on any atom is 0.267 e. The SMILES string of the molecule is O=C(NCCO)C(=Cc1ccc(Oc2ccccc2Br)cc1)NC(=O)c1cccc(F)c1. The molecule has 164 valence electrons. The van der Waals surface area contributed by atoms with Crippen molar-refractivity contribution in [3.63, 3.8) is 0 Å². The molecular formula is C24H20BrFN2O4. The van der Waals surface area contributed by atoms with Crippen molar-refractivity contribution in [3.05, 3.63) is 99.9 Å². The normalized spacial score (nSPS) is 11.0. The summed E-state index contributed by atoms with van der Waals surface area (Å²) in [4.78, 5) is 25.0. The number of nitrogens with one attached hydrogen (secondary N) is 2. The fraction of sp³-hybridized carbons (Fsp3) is 0.0833. The fourth-order valence-electron chi connectivity index (χ4n) is 2.70. The Morgan fingerprint density at radius 2 is 1.78 bits per heavy atom. The second-order valence-electron chi connectivity index (χ2n) is 6.60. The summed E-state index contributed by atoms with van der Waals surface area (Å²) in [5, 5.41) is 14.0. The van der Waals surface area contributed by atoms with Crippen LogP contribution in [0.25, 0.3) is 6.08 Å². The highest BCUT2D eigenvalue weighted by Gasteiger charge is 2.15. The highest BCUT2D eigenvalue weighted by Crippen LogP contribution is 2.29. The number of benzene rings is 3. The van der Waals surface area contributed by atoms with Gasteiger partial charge in [0.05, 0.1) is 11.1 Å². The molecule has 0 saturated carbocycles. The third-order valence-electron chi connectivity index (χ3n) is 4.23. The van der Waals surface area contributed by atoms with Crippen molar-refractivity contribution in [1.29, 1.82) is 0 Å². The molecule has 0 unspecified atom stereocenters. The lowest BCUT2D eigenvalue weighted by Crippen LogP contribution is -2.36. The molecular weight excluding hydrogens is 479 g/mol. The van der Waals surface area contributed by atoms with Gasteiger partial charge in [-0.2, -0.15) is 0 Å². The number of carbonyl (C=O) groups is 2. The largest absolute Gasteiger partial charge is 0.456 e. The van der Waals surface area contributed by atoms with E-state index in [4.69, 9.17) is 9.84 Å². The van der Waals surface area contributed by atoms with Gasteiger partial charge in [0.25, 0.3) is 11.8 Å². The minimum Gasteiger partial charge on any atom is -0.456 e. The Morgan fingerprint density at radius 3 is 2.47 bits per heavy atom. The van der Waals surface area contributed by atoms with E-state index in [1.165, 1.54) is 24.3 Å². The van der Waals surface area contributed by atoms with Crippen LogP contribution in [-0.2, 0) is 4.79 Å². The first-order valence-electron chi connectivity index (χ1n) is 9.66. The van der Waals surface area contributed by atoms with Crippen LogP contribution >= 0.6 is 15.9 Å². The van der Waals surface area contributed by atoms with Gasteiger partial charge in [-0.15, -0.1) is 0 Å². The summed E-state index contributed by atoms with van der Waals surface area (Å²) in [7, 11) is 0. The lowest BCUT2D eigenvalue weighted by Gasteiger charge is -2.11. The summed E-state index contributed by atoms with van der Waals surface area (Å²) in [5.74, 6) is -0.541. The first kappa shape index (κ1) is 23.2. The number of carbonyl (C=O) groups excluding carboxylic acids is 2. The minimum atomic E-state index is -0.635. The summed E-state index contributed by atoms with van der Waals surface area (Å²) in [5.41, 5.74) is 0.647. The summed E-state index contributed by atoms with van der Waals surface area (Å²) in [6.07, 6.45) is 1.48. The zero-order valence-corrected chi connectivity index (χ0v) is 18.4. The quantitative estimate of drug-likeness (QED) is 0.405. The molecule has 0 saturated heterocycles. The average Bonchev–Trinajstić information content (AvgIpc) is 2.79. The van der Waals surface area contributed by atoms with Gasteiger partial charge in [-0.1, -0.05) is 30.3 Å². The molecule has 3 aromatic rings. The van der Waals surface area contributed by atoms with Gasteiger partial charge >= 0.3 is 0 Å².